The molecule has 0 unspecified atom stereocenters. The minimum Gasteiger partial charge on any atom is -0.312 e. The van der Waals surface area contributed by atoms with Gasteiger partial charge in [0.05, 0.1) is 5.01 Å². The Hall–Kier alpha value is -0.900. The second-order valence-electron chi connectivity index (χ2n) is 4.38. The summed E-state index contributed by atoms with van der Waals surface area (Å²) in [5, 5.41) is 7.54. The fourth-order valence-corrected chi connectivity index (χ4v) is 2.80. The van der Waals surface area contributed by atoms with Crippen LogP contribution in [0.2, 0.25) is 5.02 Å². The van der Waals surface area contributed by atoms with Crippen molar-refractivity contribution < 1.29 is 0 Å². The number of nitrogens with zero attached hydrogens (tertiary/aromatic N) is 1. The summed E-state index contributed by atoms with van der Waals surface area (Å²) in [6.45, 7) is 5.96. The molecule has 0 aliphatic carbocycles. The molecule has 0 spiro atoms. The molecule has 0 saturated heterocycles. The predicted octanol–water partition coefficient (Wildman–Crippen LogP) is 3.75. The highest BCUT2D eigenvalue weighted by molar-refractivity contribution is 7.09. The van der Waals surface area contributed by atoms with Crippen molar-refractivity contribution in [1.82, 2.24) is 10.3 Å². The van der Waals surface area contributed by atoms with E-state index in [0.717, 1.165) is 30.2 Å². The Bertz CT molecular complexity index is 522. The zero-order valence-corrected chi connectivity index (χ0v) is 12.2. The highest BCUT2D eigenvalue weighted by atomic mass is 35.5. The molecule has 1 aromatic heterocycles. The summed E-state index contributed by atoms with van der Waals surface area (Å²) in [7, 11) is 0. The summed E-state index contributed by atoms with van der Waals surface area (Å²) in [5.74, 6) is 0. The monoisotopic (exact) mass is 280 g/mol. The zero-order valence-electron chi connectivity index (χ0n) is 10.7. The molecule has 18 heavy (non-hydrogen) atoms. The van der Waals surface area contributed by atoms with Crippen molar-refractivity contribution >= 4 is 22.9 Å². The third kappa shape index (κ3) is 3.80. The highest BCUT2D eigenvalue weighted by Gasteiger charge is 2.00. The van der Waals surface area contributed by atoms with Crippen LogP contribution in [0.1, 0.15) is 21.8 Å². The molecule has 0 amide bonds. The molecule has 1 aromatic carbocycles. The molecule has 0 aliphatic rings. The topological polar surface area (TPSA) is 24.9 Å². The third-order valence-corrected chi connectivity index (χ3v) is 4.06. The number of benzene rings is 1. The molecule has 1 N–H and O–H groups in total. The van der Waals surface area contributed by atoms with E-state index in [1.807, 2.05) is 19.1 Å². The number of nitrogens with one attached hydrogen (secondary N) is 1. The van der Waals surface area contributed by atoms with E-state index in [1.54, 1.807) is 11.3 Å². The Morgan fingerprint density at radius 3 is 2.83 bits per heavy atom. The Morgan fingerprint density at radius 2 is 2.17 bits per heavy atom. The molecule has 2 rings (SSSR count). The molecule has 0 aliphatic heterocycles. The average Bonchev–Trinajstić information content (AvgIpc) is 2.73. The first-order valence-corrected chi connectivity index (χ1v) is 7.27. The van der Waals surface area contributed by atoms with Crippen LogP contribution in [0.3, 0.4) is 0 Å². The summed E-state index contributed by atoms with van der Waals surface area (Å²) in [4.78, 5) is 4.45. The van der Waals surface area contributed by atoms with Crippen molar-refractivity contribution in [1.29, 1.82) is 0 Å². The van der Waals surface area contributed by atoms with Crippen LogP contribution < -0.4 is 5.32 Å². The first-order chi connectivity index (χ1) is 8.65. The highest BCUT2D eigenvalue weighted by Crippen LogP contribution is 2.15. The molecule has 1 heterocycles. The smallest absolute Gasteiger partial charge is 0.0940 e. The van der Waals surface area contributed by atoms with Crippen molar-refractivity contribution in [2.45, 2.75) is 26.8 Å². The average molecular weight is 281 g/mol. The Morgan fingerprint density at radius 1 is 1.33 bits per heavy atom. The van der Waals surface area contributed by atoms with Crippen LogP contribution in [0, 0.1) is 13.8 Å². The number of aryl methyl sites for hydroxylation is 2. The fraction of sp³-hybridized carbons (Fsp3) is 0.357. The second-order valence-corrected chi connectivity index (χ2v) is 5.76. The molecule has 96 valence electrons. The van der Waals surface area contributed by atoms with Crippen LogP contribution in [0.25, 0.3) is 0 Å². The minimum atomic E-state index is 0.800. The molecule has 2 aromatic rings. The normalized spacial score (nSPS) is 10.8. The van der Waals surface area contributed by atoms with E-state index in [0.29, 0.717) is 0 Å². The van der Waals surface area contributed by atoms with Gasteiger partial charge in [-0.15, -0.1) is 11.3 Å². The Kier molecular flexibility index (Phi) is 4.75. The lowest BCUT2D eigenvalue weighted by molar-refractivity contribution is 0.682. The molecule has 0 atom stereocenters. The van der Waals surface area contributed by atoms with Gasteiger partial charge in [0.25, 0.3) is 0 Å². The maximum absolute atomic E-state index is 5.93. The lowest BCUT2D eigenvalue weighted by Crippen LogP contribution is -2.17. The largest absolute Gasteiger partial charge is 0.312 e. The van der Waals surface area contributed by atoms with Crippen molar-refractivity contribution in [3.05, 3.63) is 50.4 Å². The zero-order chi connectivity index (χ0) is 13.0. The summed E-state index contributed by atoms with van der Waals surface area (Å²) in [6, 6.07) is 6.02. The van der Waals surface area contributed by atoms with Crippen LogP contribution in [0.4, 0.5) is 0 Å². The molecule has 2 nitrogen and oxygen atoms in total. The SMILES string of the molecule is Cc1csc(CCNCc2ccc(Cl)cc2C)n1. The number of rotatable bonds is 5. The lowest BCUT2D eigenvalue weighted by Gasteiger charge is -2.07. The number of hydrogen-bond donors (Lipinski definition) is 1. The van der Waals surface area contributed by atoms with Gasteiger partial charge < -0.3 is 5.32 Å². The van der Waals surface area contributed by atoms with E-state index in [1.165, 1.54) is 16.1 Å². The van der Waals surface area contributed by atoms with Gasteiger partial charge >= 0.3 is 0 Å². The molecule has 4 heteroatoms. The summed E-state index contributed by atoms with van der Waals surface area (Å²) in [5.41, 5.74) is 3.65. The minimum absolute atomic E-state index is 0.800. The maximum atomic E-state index is 5.93. The van der Waals surface area contributed by atoms with Crippen LogP contribution in [-0.4, -0.2) is 11.5 Å². The van der Waals surface area contributed by atoms with Crippen LogP contribution in [0.5, 0.6) is 0 Å². The summed E-state index contributed by atoms with van der Waals surface area (Å²) >= 11 is 7.67. The molecular formula is C14H17ClN2S. The quantitative estimate of drug-likeness (QED) is 0.844. The molecule has 0 fully saturated rings. The predicted molar refractivity (Wildman–Crippen MR) is 78.5 cm³/mol. The van der Waals surface area contributed by atoms with Crippen molar-refractivity contribution in [2.75, 3.05) is 6.54 Å². The fourth-order valence-electron chi connectivity index (χ4n) is 1.79. The van der Waals surface area contributed by atoms with Gasteiger partial charge in [0.15, 0.2) is 0 Å². The molecular weight excluding hydrogens is 264 g/mol. The summed E-state index contributed by atoms with van der Waals surface area (Å²) in [6.07, 6.45) is 0.991. The van der Waals surface area contributed by atoms with Crippen molar-refractivity contribution in [2.24, 2.45) is 0 Å². The van der Waals surface area contributed by atoms with Gasteiger partial charge in [-0.3, -0.25) is 0 Å². The van der Waals surface area contributed by atoms with E-state index in [9.17, 15) is 0 Å². The molecule has 0 bridgehead atoms. The van der Waals surface area contributed by atoms with Crippen molar-refractivity contribution in [3.63, 3.8) is 0 Å². The third-order valence-electron chi connectivity index (χ3n) is 2.80. The Balaban J connectivity index is 1.78. The van der Waals surface area contributed by atoms with Gasteiger partial charge in [0, 0.05) is 35.6 Å². The van der Waals surface area contributed by atoms with Gasteiger partial charge in [-0.1, -0.05) is 17.7 Å². The first kappa shape index (κ1) is 13.5. The van der Waals surface area contributed by atoms with E-state index in [-0.39, 0.29) is 0 Å². The Labute approximate surface area is 117 Å². The van der Waals surface area contributed by atoms with E-state index in [2.05, 4.69) is 28.7 Å². The lowest BCUT2D eigenvalue weighted by atomic mass is 10.1. The van der Waals surface area contributed by atoms with E-state index in [4.69, 9.17) is 11.6 Å². The second kappa shape index (κ2) is 6.32. The number of aromatic nitrogens is 1. The number of halogens is 1. The number of hydrogen-bond acceptors (Lipinski definition) is 3. The van der Waals surface area contributed by atoms with Gasteiger partial charge in [-0.05, 0) is 37.1 Å². The van der Waals surface area contributed by atoms with Crippen LogP contribution in [-0.2, 0) is 13.0 Å². The summed E-state index contributed by atoms with van der Waals surface area (Å²) < 4.78 is 0. The van der Waals surface area contributed by atoms with Crippen molar-refractivity contribution in [3.8, 4) is 0 Å². The van der Waals surface area contributed by atoms with E-state index >= 15 is 0 Å². The van der Waals surface area contributed by atoms with Crippen LogP contribution >= 0.6 is 22.9 Å². The number of thiazole rings is 1. The van der Waals surface area contributed by atoms with Gasteiger partial charge in [-0.25, -0.2) is 4.98 Å². The molecule has 0 saturated carbocycles. The maximum Gasteiger partial charge on any atom is 0.0940 e. The van der Waals surface area contributed by atoms with Gasteiger partial charge in [0.2, 0.25) is 0 Å². The standard InChI is InChI=1S/C14H17ClN2S/c1-10-7-13(15)4-3-12(10)8-16-6-5-14-17-11(2)9-18-14/h3-4,7,9,16H,5-6,8H2,1-2H3. The molecule has 0 radical (unpaired) electrons. The van der Waals surface area contributed by atoms with Gasteiger partial charge in [0.1, 0.15) is 0 Å². The van der Waals surface area contributed by atoms with E-state index < -0.39 is 0 Å². The van der Waals surface area contributed by atoms with Crippen LogP contribution in [0.15, 0.2) is 23.6 Å². The van der Waals surface area contributed by atoms with Gasteiger partial charge in [-0.2, -0.15) is 0 Å². The first-order valence-electron chi connectivity index (χ1n) is 6.02.